The molecule has 0 radical (unpaired) electrons. The number of rotatable bonds is 6. The molecular weight excluding hydrogens is 547 g/mol. The molecule has 1 unspecified atom stereocenters. The normalized spacial score (nSPS) is 13.1. The Labute approximate surface area is 206 Å². The first-order chi connectivity index (χ1) is 16.2. The van der Waals surface area contributed by atoms with Crippen molar-refractivity contribution in [2.75, 3.05) is 6.61 Å². The summed E-state index contributed by atoms with van der Waals surface area (Å²) in [6.45, 7) is 1.16. The van der Waals surface area contributed by atoms with Crippen LogP contribution >= 0.6 is 23.2 Å². The molecular formula is C21H14Cl2F6NO4S+. The highest BCUT2D eigenvalue weighted by atomic mass is 35.5. The number of hydrogen-bond donors (Lipinski definition) is 0. The zero-order valence-electron chi connectivity index (χ0n) is 17.4. The predicted octanol–water partition coefficient (Wildman–Crippen LogP) is 6.84. The lowest BCUT2D eigenvalue weighted by molar-refractivity contribution is -0.136. The highest BCUT2D eigenvalue weighted by Gasteiger charge is 2.49. The lowest BCUT2D eigenvalue weighted by atomic mass is 9.94. The summed E-state index contributed by atoms with van der Waals surface area (Å²) >= 11 is 7.61. The molecule has 1 atom stereocenters. The zero-order chi connectivity index (χ0) is 26.1. The summed E-state index contributed by atoms with van der Waals surface area (Å²) in [5.41, 5.74) is -8.32. The third-order valence-corrected chi connectivity index (χ3v) is 5.95. The van der Waals surface area contributed by atoms with Crippen LogP contribution in [0.1, 0.15) is 34.0 Å². The summed E-state index contributed by atoms with van der Waals surface area (Å²) in [7, 11) is 0. The van der Waals surface area contributed by atoms with E-state index in [1.807, 2.05) is 0 Å². The second-order valence-electron chi connectivity index (χ2n) is 6.92. The first kappa shape index (κ1) is 27.0. The topological polar surface area (TPSA) is 65.5 Å². The Morgan fingerprint density at radius 1 is 1.09 bits per heavy atom. The van der Waals surface area contributed by atoms with Crippen molar-refractivity contribution < 1.29 is 44.3 Å². The van der Waals surface area contributed by atoms with Gasteiger partial charge in [0.2, 0.25) is 0 Å². The Balaban J connectivity index is 2.46. The molecule has 14 heteroatoms. The minimum Gasteiger partial charge on any atom is -0.462 e. The third kappa shape index (κ3) is 5.99. The minimum atomic E-state index is -5.38. The number of aromatic nitrogens is 1. The fourth-order valence-corrected chi connectivity index (χ4v) is 4.03. The predicted molar refractivity (Wildman–Crippen MR) is 118 cm³/mol. The van der Waals surface area contributed by atoms with Crippen molar-refractivity contribution in [1.29, 1.82) is 0 Å². The number of nitrogens with zero attached hydrogens (tertiary/aromatic N) is 1. The van der Waals surface area contributed by atoms with Gasteiger partial charge in [-0.3, -0.25) is 4.18 Å². The highest BCUT2D eigenvalue weighted by Crippen LogP contribution is 2.41. The van der Waals surface area contributed by atoms with Crippen LogP contribution in [-0.2, 0) is 32.6 Å². The number of benzene rings is 2. The van der Waals surface area contributed by atoms with Crippen LogP contribution in [0.2, 0.25) is 10.0 Å². The smallest absolute Gasteiger partial charge is 0.462 e. The van der Waals surface area contributed by atoms with Crippen molar-refractivity contribution >= 4 is 51.2 Å². The molecule has 0 saturated heterocycles. The molecule has 1 aromatic heterocycles. The van der Waals surface area contributed by atoms with Crippen molar-refractivity contribution in [3.05, 3.63) is 68.7 Å². The summed E-state index contributed by atoms with van der Waals surface area (Å²) in [5, 5.41) is -0.520. The summed E-state index contributed by atoms with van der Waals surface area (Å²) < 4.78 is 101. The van der Waals surface area contributed by atoms with Crippen molar-refractivity contribution in [1.82, 2.24) is 4.98 Å². The molecule has 0 saturated carbocycles. The van der Waals surface area contributed by atoms with Gasteiger partial charge in [-0.05, 0) is 36.2 Å². The van der Waals surface area contributed by atoms with Gasteiger partial charge in [0, 0.05) is 21.9 Å². The van der Waals surface area contributed by atoms with Gasteiger partial charge in [0.15, 0.2) is 0 Å². The average molecular weight is 561 g/mol. The van der Waals surface area contributed by atoms with E-state index in [4.69, 9.17) is 27.9 Å². The van der Waals surface area contributed by atoms with E-state index in [1.54, 1.807) is 12.1 Å². The SMILES string of the molecule is CCOC(=O)c1c(O[SH+](=O)C(F)(F)F)nc2c(C(F)(F)F)cc(Cl)cc2c1Cc1ccccc1Cl. The van der Waals surface area contributed by atoms with Crippen LogP contribution in [0.25, 0.3) is 10.9 Å². The van der Waals surface area contributed by atoms with E-state index in [9.17, 15) is 35.3 Å². The molecule has 0 aliphatic heterocycles. The molecule has 1 heterocycles. The number of pyridine rings is 1. The molecule has 2 aromatic carbocycles. The standard InChI is InChI=1S/C21H13Cl2F6NO4S/c1-2-33-19(31)16-12(7-10-5-3-4-6-15(10)23)13-8-11(22)9-14(20(24,25)26)17(13)30-18(16)34-35(32)21(27,28)29/h3-6,8-9H,2,7H2,1H3/p+1. The largest absolute Gasteiger partial charge is 0.615 e. The maximum absolute atomic E-state index is 13.8. The molecule has 0 spiro atoms. The highest BCUT2D eigenvalue weighted by molar-refractivity contribution is 7.81. The number of ether oxygens (including phenoxy) is 1. The zero-order valence-corrected chi connectivity index (χ0v) is 19.8. The molecule has 3 rings (SSSR count). The first-order valence-corrected chi connectivity index (χ1v) is 11.5. The summed E-state index contributed by atoms with van der Waals surface area (Å²) in [6.07, 6.45) is -5.38. The lowest BCUT2D eigenvalue weighted by Gasteiger charge is -2.18. The van der Waals surface area contributed by atoms with Crippen molar-refractivity contribution in [2.45, 2.75) is 25.0 Å². The fourth-order valence-electron chi connectivity index (χ4n) is 3.21. The summed E-state index contributed by atoms with van der Waals surface area (Å²) in [5.74, 6) is -2.48. The first-order valence-electron chi connectivity index (χ1n) is 9.60. The fraction of sp³-hybridized carbons (Fsp3) is 0.238. The molecule has 5 nitrogen and oxygen atoms in total. The van der Waals surface area contributed by atoms with Crippen LogP contribution < -0.4 is 4.18 Å². The van der Waals surface area contributed by atoms with Crippen LogP contribution in [-0.4, -0.2) is 23.1 Å². The monoisotopic (exact) mass is 560 g/mol. The number of thiol groups is 1. The van der Waals surface area contributed by atoms with E-state index in [0.717, 1.165) is 6.07 Å². The van der Waals surface area contributed by atoms with Crippen molar-refractivity contribution in [3.8, 4) is 5.88 Å². The molecule has 0 fully saturated rings. The number of hydrogen-bond acceptors (Lipinski definition) is 5. The average Bonchev–Trinajstić information content (AvgIpc) is 2.74. The van der Waals surface area contributed by atoms with E-state index in [-0.39, 0.29) is 34.0 Å². The Morgan fingerprint density at radius 3 is 2.31 bits per heavy atom. The molecule has 0 aliphatic rings. The van der Waals surface area contributed by atoms with E-state index < -0.39 is 51.3 Å². The molecule has 0 aliphatic carbocycles. The van der Waals surface area contributed by atoms with E-state index in [2.05, 4.69) is 9.17 Å². The van der Waals surface area contributed by atoms with Crippen LogP contribution in [0.3, 0.4) is 0 Å². The Hall–Kier alpha value is -2.57. The molecule has 0 bridgehead atoms. The second-order valence-corrected chi connectivity index (χ2v) is 8.97. The van der Waals surface area contributed by atoms with Gasteiger partial charge in [-0.25, -0.2) is 9.78 Å². The van der Waals surface area contributed by atoms with E-state index in [1.165, 1.54) is 19.1 Å². The molecule has 0 N–H and O–H groups in total. The number of esters is 1. The number of fused-ring (bicyclic) bond motifs is 1. The van der Waals surface area contributed by atoms with Gasteiger partial charge in [-0.1, -0.05) is 45.6 Å². The maximum atomic E-state index is 13.8. The van der Waals surface area contributed by atoms with Crippen molar-refractivity contribution in [3.63, 3.8) is 0 Å². The molecule has 35 heavy (non-hydrogen) atoms. The van der Waals surface area contributed by atoms with Gasteiger partial charge in [0.25, 0.3) is 5.88 Å². The number of alkyl halides is 6. The van der Waals surface area contributed by atoms with Gasteiger partial charge in [-0.2, -0.15) is 13.2 Å². The van der Waals surface area contributed by atoms with Gasteiger partial charge in [0.1, 0.15) is 5.56 Å². The van der Waals surface area contributed by atoms with Crippen molar-refractivity contribution in [2.24, 2.45) is 0 Å². The summed E-state index contributed by atoms with van der Waals surface area (Å²) in [4.78, 5) is 16.3. The lowest BCUT2D eigenvalue weighted by Crippen LogP contribution is -2.23. The number of halogens is 8. The summed E-state index contributed by atoms with van der Waals surface area (Å²) in [6, 6.07) is 7.69. The van der Waals surface area contributed by atoms with Crippen LogP contribution in [0.4, 0.5) is 26.3 Å². The second kappa shape index (κ2) is 10.2. The van der Waals surface area contributed by atoms with Gasteiger partial charge in [-0.15, -0.1) is 13.2 Å². The van der Waals surface area contributed by atoms with Crippen LogP contribution in [0.15, 0.2) is 36.4 Å². The quantitative estimate of drug-likeness (QED) is 0.143. The Morgan fingerprint density at radius 2 is 1.74 bits per heavy atom. The molecule has 0 amide bonds. The number of carbonyl (C=O) groups excluding carboxylic acids is 1. The van der Waals surface area contributed by atoms with Gasteiger partial charge >= 0.3 is 28.7 Å². The van der Waals surface area contributed by atoms with Crippen LogP contribution in [0.5, 0.6) is 5.88 Å². The van der Waals surface area contributed by atoms with E-state index in [0.29, 0.717) is 11.6 Å². The molecule has 3 aromatic rings. The van der Waals surface area contributed by atoms with E-state index >= 15 is 0 Å². The number of carbonyl (C=O) groups is 1. The van der Waals surface area contributed by atoms with Crippen LogP contribution in [0, 0.1) is 0 Å². The molecule has 188 valence electrons. The van der Waals surface area contributed by atoms with Gasteiger partial charge in [0.05, 0.1) is 17.7 Å². The van der Waals surface area contributed by atoms with Gasteiger partial charge < -0.3 is 4.74 Å². The Bertz CT molecular complexity index is 1310. The minimum absolute atomic E-state index is 0.161. The maximum Gasteiger partial charge on any atom is 0.615 e. The third-order valence-electron chi connectivity index (χ3n) is 4.62. The Kier molecular flexibility index (Phi) is 7.87.